The maximum absolute atomic E-state index is 11.0. The molecule has 8 heteroatoms. The number of hydrogen-bond donors (Lipinski definition) is 7. The normalized spacial score (nSPS) is 12.7. The Morgan fingerprint density at radius 2 is 1.58 bits per heavy atom. The molecule has 2 amide bonds. The van der Waals surface area contributed by atoms with Crippen LogP contribution in [0.3, 0.4) is 0 Å². The van der Waals surface area contributed by atoms with Crippen LogP contribution in [0, 0.1) is 0 Å². The first-order valence-corrected chi connectivity index (χ1v) is 10.8. The molecule has 3 aromatic rings. The summed E-state index contributed by atoms with van der Waals surface area (Å²) in [5, 5.41) is 39.1. The highest BCUT2D eigenvalue weighted by Crippen LogP contribution is 2.26. The summed E-state index contributed by atoms with van der Waals surface area (Å²) in [6.45, 7) is 1.41. The van der Waals surface area contributed by atoms with Crippen LogP contribution in [0.2, 0.25) is 0 Å². The van der Waals surface area contributed by atoms with Gasteiger partial charge < -0.3 is 37.0 Å². The van der Waals surface area contributed by atoms with Crippen molar-refractivity contribution in [2.45, 2.75) is 18.6 Å². The van der Waals surface area contributed by atoms with Crippen LogP contribution in [0.25, 0.3) is 0 Å². The van der Waals surface area contributed by atoms with Crippen LogP contribution in [0.15, 0.2) is 72.8 Å². The summed E-state index contributed by atoms with van der Waals surface area (Å²) in [6, 6.07) is 21.2. The molecule has 0 saturated heterocycles. The number of phenols is 1. The number of primary amides is 1. The summed E-state index contributed by atoms with van der Waals surface area (Å²) in [5.74, 6) is -0.120. The number of aliphatic hydroxyl groups excluding tert-OH is 2. The number of urea groups is 1. The Labute approximate surface area is 193 Å². The van der Waals surface area contributed by atoms with Crippen LogP contribution < -0.4 is 21.7 Å². The van der Waals surface area contributed by atoms with Crippen molar-refractivity contribution in [3.63, 3.8) is 0 Å². The third kappa shape index (κ3) is 7.50. The summed E-state index contributed by atoms with van der Waals surface area (Å²) in [5.41, 5.74) is 8.75. The van der Waals surface area contributed by atoms with Gasteiger partial charge in [-0.25, -0.2) is 4.79 Å². The van der Waals surface area contributed by atoms with Crippen LogP contribution in [0.5, 0.6) is 5.75 Å². The van der Waals surface area contributed by atoms with Gasteiger partial charge in [0.15, 0.2) is 0 Å². The smallest absolute Gasteiger partial charge is 0.316 e. The lowest BCUT2D eigenvalue weighted by Gasteiger charge is -2.15. The van der Waals surface area contributed by atoms with E-state index in [9.17, 15) is 20.1 Å². The van der Waals surface area contributed by atoms with Crippen LogP contribution in [0.1, 0.15) is 28.9 Å². The van der Waals surface area contributed by atoms with Crippen LogP contribution >= 0.6 is 0 Å². The summed E-state index contributed by atoms with van der Waals surface area (Å²) in [7, 11) is 0. The van der Waals surface area contributed by atoms with E-state index >= 15 is 0 Å². The number of carbonyl (C=O) groups is 1. The fourth-order valence-corrected chi connectivity index (χ4v) is 3.38. The van der Waals surface area contributed by atoms with Crippen LogP contribution in [-0.4, -0.2) is 41.0 Å². The molecule has 2 unspecified atom stereocenters. The molecule has 0 aromatic heterocycles. The van der Waals surface area contributed by atoms with Gasteiger partial charge in [0.2, 0.25) is 0 Å². The number of anilines is 2. The third-order valence-electron chi connectivity index (χ3n) is 5.23. The molecular weight excluding hydrogens is 420 g/mol. The molecular formula is C25H30N4O4. The predicted octanol–water partition coefficient (Wildman–Crippen LogP) is 2.89. The number of nitrogens with two attached hydrogens (primary N) is 1. The van der Waals surface area contributed by atoms with Crippen molar-refractivity contribution in [3.8, 4) is 5.75 Å². The minimum atomic E-state index is -0.804. The number of nitrogens with one attached hydrogen (secondary N) is 3. The Kier molecular flexibility index (Phi) is 8.65. The molecule has 0 spiro atoms. The molecule has 0 heterocycles. The maximum Gasteiger partial charge on any atom is 0.316 e. The first-order valence-electron chi connectivity index (χ1n) is 10.8. The van der Waals surface area contributed by atoms with Crippen molar-refractivity contribution in [3.05, 3.63) is 89.5 Å². The first-order chi connectivity index (χ1) is 15.9. The summed E-state index contributed by atoms with van der Waals surface area (Å²) in [6.07, 6.45) is -0.594. The maximum atomic E-state index is 11.0. The lowest BCUT2D eigenvalue weighted by atomic mass is 10.1. The number of rotatable bonds is 11. The van der Waals surface area contributed by atoms with Gasteiger partial charge in [-0.05, 0) is 53.9 Å². The fourth-order valence-electron chi connectivity index (χ4n) is 3.38. The molecule has 8 nitrogen and oxygen atoms in total. The van der Waals surface area contributed by atoms with E-state index in [2.05, 4.69) is 16.0 Å². The molecule has 0 radical (unpaired) electrons. The monoisotopic (exact) mass is 450 g/mol. The zero-order valence-corrected chi connectivity index (χ0v) is 18.2. The van der Waals surface area contributed by atoms with Crippen molar-refractivity contribution in [1.29, 1.82) is 0 Å². The lowest BCUT2D eigenvalue weighted by Crippen LogP contribution is -2.24. The van der Waals surface area contributed by atoms with E-state index in [-0.39, 0.29) is 11.4 Å². The highest BCUT2D eigenvalue weighted by molar-refractivity contribution is 5.89. The number of carbonyl (C=O) groups excluding carboxylic acids is 1. The predicted molar refractivity (Wildman–Crippen MR) is 129 cm³/mol. The van der Waals surface area contributed by atoms with Crippen molar-refractivity contribution in [1.82, 2.24) is 5.32 Å². The largest absolute Gasteiger partial charge is 0.506 e. The Hall–Kier alpha value is -3.59. The summed E-state index contributed by atoms with van der Waals surface area (Å²) in [4.78, 5) is 11.0. The number of aliphatic hydroxyl groups is 2. The average molecular weight is 451 g/mol. The van der Waals surface area contributed by atoms with Gasteiger partial charge in [-0.15, -0.1) is 0 Å². The van der Waals surface area contributed by atoms with E-state index < -0.39 is 18.2 Å². The Balaban J connectivity index is 1.40. The Bertz CT molecular complexity index is 1030. The second kappa shape index (κ2) is 11.9. The standard InChI is InChI=1S/C25H30N4O4/c26-25(33)29-21-14-19(8-11-22(21)30)23(31)15-27-13-12-17-6-9-20(10-7-17)28-16-24(32)18-4-2-1-3-5-18/h1-11,14,23-24,27-28,30-32H,12-13,15-16H2,(H3,26,29,33). The molecule has 0 aliphatic heterocycles. The van der Waals surface area contributed by atoms with Gasteiger partial charge in [-0.2, -0.15) is 0 Å². The Morgan fingerprint density at radius 1 is 0.879 bits per heavy atom. The summed E-state index contributed by atoms with van der Waals surface area (Å²) < 4.78 is 0. The van der Waals surface area contributed by atoms with Crippen molar-refractivity contribution in [2.75, 3.05) is 30.3 Å². The molecule has 0 aliphatic rings. The molecule has 3 rings (SSSR count). The topological polar surface area (TPSA) is 140 Å². The number of hydrogen-bond acceptors (Lipinski definition) is 6. The van der Waals surface area contributed by atoms with E-state index in [1.165, 1.54) is 12.1 Å². The first kappa shape index (κ1) is 24.1. The van der Waals surface area contributed by atoms with E-state index in [0.717, 1.165) is 23.2 Å². The molecule has 0 saturated carbocycles. The molecule has 3 aromatic carbocycles. The van der Waals surface area contributed by atoms with Gasteiger partial charge in [0.25, 0.3) is 0 Å². The second-order valence-electron chi connectivity index (χ2n) is 7.74. The Morgan fingerprint density at radius 3 is 2.27 bits per heavy atom. The molecule has 0 bridgehead atoms. The lowest BCUT2D eigenvalue weighted by molar-refractivity contribution is 0.175. The van der Waals surface area contributed by atoms with Crippen LogP contribution in [-0.2, 0) is 6.42 Å². The number of aromatic hydroxyl groups is 1. The van der Waals surface area contributed by atoms with Gasteiger partial charge in [0, 0.05) is 18.8 Å². The number of benzene rings is 3. The van der Waals surface area contributed by atoms with Crippen LogP contribution in [0.4, 0.5) is 16.2 Å². The van der Waals surface area contributed by atoms with Crippen molar-refractivity contribution < 1.29 is 20.1 Å². The molecule has 33 heavy (non-hydrogen) atoms. The minimum Gasteiger partial charge on any atom is -0.506 e. The van der Waals surface area contributed by atoms with E-state index in [0.29, 0.717) is 25.2 Å². The molecule has 0 aliphatic carbocycles. The SMILES string of the molecule is NC(=O)Nc1cc(C(O)CNCCc2ccc(NCC(O)c3ccccc3)cc2)ccc1O. The molecule has 0 fully saturated rings. The zero-order valence-electron chi connectivity index (χ0n) is 18.2. The van der Waals surface area contributed by atoms with Gasteiger partial charge >= 0.3 is 6.03 Å². The third-order valence-corrected chi connectivity index (χ3v) is 5.23. The minimum absolute atomic E-state index is 0.120. The average Bonchev–Trinajstić information content (AvgIpc) is 2.82. The van der Waals surface area contributed by atoms with Gasteiger partial charge in [-0.3, -0.25) is 0 Å². The molecule has 174 valence electrons. The van der Waals surface area contributed by atoms with Crippen molar-refractivity contribution >= 4 is 17.4 Å². The van der Waals surface area contributed by atoms with Crippen molar-refractivity contribution in [2.24, 2.45) is 5.73 Å². The highest BCUT2D eigenvalue weighted by Gasteiger charge is 2.11. The molecule has 2 atom stereocenters. The zero-order chi connectivity index (χ0) is 23.6. The number of phenolic OH excluding ortho intramolecular Hbond substituents is 1. The van der Waals surface area contributed by atoms with Gasteiger partial charge in [0.1, 0.15) is 5.75 Å². The van der Waals surface area contributed by atoms with E-state index in [4.69, 9.17) is 5.73 Å². The second-order valence-corrected chi connectivity index (χ2v) is 7.74. The van der Waals surface area contributed by atoms with E-state index in [1.807, 2.05) is 54.6 Å². The summed E-state index contributed by atoms with van der Waals surface area (Å²) >= 11 is 0. The van der Waals surface area contributed by atoms with E-state index in [1.54, 1.807) is 6.07 Å². The highest BCUT2D eigenvalue weighted by atomic mass is 16.3. The quantitative estimate of drug-likeness (QED) is 0.177. The van der Waals surface area contributed by atoms with Gasteiger partial charge in [0.05, 0.1) is 17.9 Å². The fraction of sp³-hybridized carbons (Fsp3) is 0.240. The molecule has 8 N–H and O–H groups in total. The van der Waals surface area contributed by atoms with Gasteiger partial charge in [-0.1, -0.05) is 48.5 Å². The number of amides is 2.